The first kappa shape index (κ1) is 33.3. The molecule has 1 N–H and O–H groups in total. The van der Waals surface area contributed by atoms with Gasteiger partial charge in [-0.15, -0.1) is 0 Å². The molecule has 248 valence electrons. The highest BCUT2D eigenvalue weighted by molar-refractivity contribution is 5.98. The fourth-order valence-electron chi connectivity index (χ4n) is 6.13. The zero-order valence-corrected chi connectivity index (χ0v) is 25.3. The second-order valence-corrected chi connectivity index (χ2v) is 11.9. The third-order valence-electron chi connectivity index (χ3n) is 8.65. The molecule has 0 radical (unpaired) electrons. The average molecular weight is 652 g/mol. The van der Waals surface area contributed by atoms with Crippen molar-refractivity contribution in [2.75, 3.05) is 52.9 Å². The molecule has 0 bridgehead atoms. The van der Waals surface area contributed by atoms with Gasteiger partial charge in [-0.1, -0.05) is 18.2 Å². The quantitative estimate of drug-likeness (QED) is 0.363. The van der Waals surface area contributed by atoms with E-state index in [-0.39, 0.29) is 37.9 Å². The summed E-state index contributed by atoms with van der Waals surface area (Å²) in [5.74, 6) is -1.62. The van der Waals surface area contributed by atoms with E-state index in [2.05, 4.69) is 9.88 Å². The standard InChI is InChI=1S/C32H35F6N5O3/c1-40-9-5-11-41(13-12-40)28(44)8-4-10-42-19-25(16-22-18-39-27-7-3-2-6-26(22)27)43(20-29(42)45)30(46)21-14-23(31(33,34)35)17-24(15-21)32(36,37)38/h2-3,6-7,14-15,17-18,25,39H,4-5,8-13,16,19-20H2,1H3. The van der Waals surface area contributed by atoms with Crippen LogP contribution in [0.3, 0.4) is 0 Å². The van der Waals surface area contributed by atoms with Crippen molar-refractivity contribution in [2.45, 2.75) is 44.1 Å². The molecule has 0 aliphatic carbocycles. The summed E-state index contributed by atoms with van der Waals surface area (Å²) in [7, 11) is 2.00. The van der Waals surface area contributed by atoms with Gasteiger partial charge in [0.25, 0.3) is 5.91 Å². The average Bonchev–Trinajstić information content (AvgIpc) is 3.27. The van der Waals surface area contributed by atoms with E-state index in [1.165, 1.54) is 4.90 Å². The molecule has 0 saturated carbocycles. The number of aromatic nitrogens is 1. The Morgan fingerprint density at radius 2 is 1.63 bits per heavy atom. The summed E-state index contributed by atoms with van der Waals surface area (Å²) in [5, 5.41) is 0.838. The second-order valence-electron chi connectivity index (χ2n) is 11.9. The van der Waals surface area contributed by atoms with E-state index in [1.54, 1.807) is 6.20 Å². The number of para-hydroxylation sites is 1. The van der Waals surface area contributed by atoms with Gasteiger partial charge in [0.15, 0.2) is 0 Å². The molecule has 3 heterocycles. The van der Waals surface area contributed by atoms with Gasteiger partial charge in [-0.05, 0) is 62.7 Å². The van der Waals surface area contributed by atoms with Crippen LogP contribution in [-0.4, -0.2) is 101 Å². The number of carbonyl (C=O) groups is 3. The number of fused-ring (bicyclic) bond motifs is 1. The molecule has 0 spiro atoms. The lowest BCUT2D eigenvalue weighted by Gasteiger charge is -2.41. The number of hydrogen-bond donors (Lipinski definition) is 1. The number of benzene rings is 2. The van der Waals surface area contributed by atoms with E-state index >= 15 is 0 Å². The number of likely N-dealkylation sites (N-methyl/N-ethyl adjacent to an activating group) is 1. The molecule has 1 aromatic heterocycles. The number of piperazine rings is 1. The number of rotatable bonds is 7. The largest absolute Gasteiger partial charge is 0.416 e. The van der Waals surface area contributed by atoms with Gasteiger partial charge in [0.05, 0.1) is 17.2 Å². The number of aromatic amines is 1. The van der Waals surface area contributed by atoms with Crippen molar-refractivity contribution in [1.82, 2.24) is 24.6 Å². The minimum atomic E-state index is -5.13. The highest BCUT2D eigenvalue weighted by Gasteiger charge is 2.40. The van der Waals surface area contributed by atoms with Gasteiger partial charge in [0.1, 0.15) is 6.54 Å². The Balaban J connectivity index is 1.38. The number of carbonyl (C=O) groups excluding carboxylic acids is 3. The normalized spacial score (nSPS) is 18.7. The van der Waals surface area contributed by atoms with Gasteiger partial charge < -0.3 is 24.6 Å². The van der Waals surface area contributed by atoms with Gasteiger partial charge in [0.2, 0.25) is 11.8 Å². The minimum absolute atomic E-state index is 0.00211. The molecular formula is C32H35F6N5O3. The smallest absolute Gasteiger partial charge is 0.361 e. The Labute approximate surface area is 261 Å². The number of halogens is 6. The molecule has 2 saturated heterocycles. The summed E-state index contributed by atoms with van der Waals surface area (Å²) in [4.78, 5) is 49.5. The molecule has 2 aliphatic rings. The van der Waals surface area contributed by atoms with Crippen molar-refractivity contribution < 1.29 is 40.7 Å². The number of hydrogen-bond acceptors (Lipinski definition) is 4. The lowest BCUT2D eigenvalue weighted by atomic mass is 9.98. The number of nitrogens with zero attached hydrogens (tertiary/aromatic N) is 4. The molecule has 1 atom stereocenters. The molecule has 14 heteroatoms. The van der Waals surface area contributed by atoms with Crippen molar-refractivity contribution in [3.63, 3.8) is 0 Å². The van der Waals surface area contributed by atoms with Crippen LogP contribution in [0.5, 0.6) is 0 Å². The van der Waals surface area contributed by atoms with Gasteiger partial charge in [-0.3, -0.25) is 14.4 Å². The van der Waals surface area contributed by atoms with Crippen LogP contribution >= 0.6 is 0 Å². The van der Waals surface area contributed by atoms with Gasteiger partial charge in [-0.2, -0.15) is 26.3 Å². The Bertz CT molecular complexity index is 1550. The lowest BCUT2D eigenvalue weighted by Crippen LogP contribution is -2.58. The molecule has 3 amide bonds. The van der Waals surface area contributed by atoms with Crippen LogP contribution in [0.2, 0.25) is 0 Å². The molecule has 5 rings (SSSR count). The summed E-state index contributed by atoms with van der Waals surface area (Å²) >= 11 is 0. The molecule has 2 aliphatic heterocycles. The molecular weight excluding hydrogens is 616 g/mol. The van der Waals surface area contributed by atoms with Crippen molar-refractivity contribution >= 4 is 28.6 Å². The van der Waals surface area contributed by atoms with E-state index in [1.807, 2.05) is 36.2 Å². The molecule has 46 heavy (non-hydrogen) atoms. The van der Waals surface area contributed by atoms with Crippen LogP contribution in [0.4, 0.5) is 26.3 Å². The SMILES string of the molecule is CN1CCCN(C(=O)CCCN2CC(Cc3c[nH]c4ccccc34)N(C(=O)c3cc(C(F)(F)F)cc(C(F)(F)F)c3)CC2=O)CC1. The van der Waals surface area contributed by atoms with Gasteiger partial charge in [-0.25, -0.2) is 0 Å². The second kappa shape index (κ2) is 13.3. The van der Waals surface area contributed by atoms with Crippen molar-refractivity contribution in [3.8, 4) is 0 Å². The van der Waals surface area contributed by atoms with Crippen molar-refractivity contribution in [3.05, 3.63) is 70.9 Å². The van der Waals surface area contributed by atoms with E-state index in [0.29, 0.717) is 31.6 Å². The van der Waals surface area contributed by atoms with Gasteiger partial charge in [0, 0.05) is 61.8 Å². The number of nitrogens with one attached hydrogen (secondary N) is 1. The minimum Gasteiger partial charge on any atom is -0.361 e. The van der Waals surface area contributed by atoms with Crippen LogP contribution in [-0.2, 0) is 28.4 Å². The zero-order chi connectivity index (χ0) is 33.2. The van der Waals surface area contributed by atoms with Crippen LogP contribution < -0.4 is 0 Å². The van der Waals surface area contributed by atoms with Crippen LogP contribution in [0.1, 0.15) is 46.3 Å². The highest BCUT2D eigenvalue weighted by atomic mass is 19.4. The van der Waals surface area contributed by atoms with E-state index in [9.17, 15) is 40.7 Å². The fraction of sp³-hybridized carbons (Fsp3) is 0.469. The van der Waals surface area contributed by atoms with Crippen LogP contribution in [0.15, 0.2) is 48.7 Å². The molecule has 3 aromatic rings. The first-order chi connectivity index (χ1) is 21.7. The first-order valence-electron chi connectivity index (χ1n) is 15.1. The number of alkyl halides is 6. The Morgan fingerprint density at radius 1 is 0.935 bits per heavy atom. The highest BCUT2D eigenvalue weighted by Crippen LogP contribution is 2.37. The maximum absolute atomic E-state index is 13.7. The maximum Gasteiger partial charge on any atom is 0.416 e. The maximum atomic E-state index is 13.7. The molecule has 8 nitrogen and oxygen atoms in total. The number of H-pyrrole nitrogens is 1. The predicted octanol–water partition coefficient (Wildman–Crippen LogP) is 5.05. The van der Waals surface area contributed by atoms with Crippen LogP contribution in [0, 0.1) is 0 Å². The molecule has 2 aromatic carbocycles. The van der Waals surface area contributed by atoms with Crippen molar-refractivity contribution in [1.29, 1.82) is 0 Å². The van der Waals surface area contributed by atoms with Gasteiger partial charge >= 0.3 is 12.4 Å². The van der Waals surface area contributed by atoms with E-state index in [4.69, 9.17) is 0 Å². The fourth-order valence-corrected chi connectivity index (χ4v) is 6.13. The zero-order valence-electron chi connectivity index (χ0n) is 25.3. The van der Waals surface area contributed by atoms with Crippen molar-refractivity contribution in [2.24, 2.45) is 0 Å². The topological polar surface area (TPSA) is 80.0 Å². The third kappa shape index (κ3) is 7.65. The summed E-state index contributed by atoms with van der Waals surface area (Å²) in [5.41, 5.74) is -2.44. The summed E-state index contributed by atoms with van der Waals surface area (Å²) in [6.45, 7) is 2.62. The van der Waals surface area contributed by atoms with E-state index < -0.39 is 53.4 Å². The summed E-state index contributed by atoms with van der Waals surface area (Å²) in [6, 6.07) is 7.34. The van der Waals surface area contributed by atoms with Crippen LogP contribution in [0.25, 0.3) is 10.9 Å². The Kier molecular flexibility index (Phi) is 9.66. The lowest BCUT2D eigenvalue weighted by molar-refractivity contribution is -0.143. The first-order valence-corrected chi connectivity index (χ1v) is 15.1. The monoisotopic (exact) mass is 651 g/mol. The van der Waals surface area contributed by atoms with E-state index in [0.717, 1.165) is 40.9 Å². The Hall–Kier alpha value is -4.07. The number of amides is 3. The summed E-state index contributed by atoms with van der Waals surface area (Å²) in [6.07, 6.45) is -6.89. The molecule has 2 fully saturated rings. The third-order valence-corrected chi connectivity index (χ3v) is 8.65. The molecule has 1 unspecified atom stereocenters. The summed E-state index contributed by atoms with van der Waals surface area (Å²) < 4.78 is 81.5. The Morgan fingerprint density at radius 3 is 2.33 bits per heavy atom. The predicted molar refractivity (Wildman–Crippen MR) is 158 cm³/mol.